The fourth-order valence-electron chi connectivity index (χ4n) is 2.75. The minimum Gasteiger partial charge on any atom is -0.444 e. The highest BCUT2D eigenvalue weighted by Gasteiger charge is 2.25. The Bertz CT molecular complexity index is 641. The predicted molar refractivity (Wildman–Crippen MR) is 101 cm³/mol. The van der Waals surface area contributed by atoms with E-state index < -0.39 is 5.60 Å². The highest BCUT2D eigenvalue weighted by atomic mass is 32.2. The number of amides is 1. The molecule has 0 atom stereocenters. The molecule has 25 heavy (non-hydrogen) atoms. The smallest absolute Gasteiger partial charge is 0.410 e. The maximum Gasteiger partial charge on any atom is 0.410 e. The van der Waals surface area contributed by atoms with E-state index in [0.29, 0.717) is 13.1 Å². The highest BCUT2D eigenvalue weighted by molar-refractivity contribution is 7.98. The lowest BCUT2D eigenvalue weighted by atomic mass is 10.1. The minimum atomic E-state index is -0.446. The molecule has 1 aromatic rings. The number of nitriles is 1. The van der Waals surface area contributed by atoms with E-state index in [0.717, 1.165) is 36.5 Å². The van der Waals surface area contributed by atoms with Crippen molar-refractivity contribution < 1.29 is 9.53 Å². The molecule has 1 amide bonds. The van der Waals surface area contributed by atoms with Crippen LogP contribution < -0.4 is 0 Å². The summed E-state index contributed by atoms with van der Waals surface area (Å²) >= 11 is 1.61. The number of benzene rings is 1. The minimum absolute atomic E-state index is 0.219. The van der Waals surface area contributed by atoms with Crippen LogP contribution in [0, 0.1) is 11.3 Å². The molecule has 136 valence electrons. The topological polar surface area (TPSA) is 56.6 Å². The first-order valence-electron chi connectivity index (χ1n) is 8.59. The van der Waals surface area contributed by atoms with Crippen LogP contribution in [0.2, 0.25) is 0 Å². The Morgan fingerprint density at radius 2 is 1.96 bits per heavy atom. The van der Waals surface area contributed by atoms with Crippen molar-refractivity contribution >= 4 is 17.9 Å². The average Bonchev–Trinajstić information content (AvgIpc) is 2.58. The van der Waals surface area contributed by atoms with Crippen LogP contribution in [-0.4, -0.2) is 60.5 Å². The zero-order valence-corrected chi connectivity index (χ0v) is 16.4. The van der Waals surface area contributed by atoms with Gasteiger partial charge in [0.15, 0.2) is 0 Å². The van der Waals surface area contributed by atoms with Crippen LogP contribution in [0.25, 0.3) is 0 Å². The molecule has 1 fully saturated rings. The first-order valence-corrected chi connectivity index (χ1v) is 9.82. The number of carbonyl (C=O) groups is 1. The normalized spacial score (nSPS) is 15.7. The molecule has 0 aliphatic carbocycles. The standard InChI is InChI=1S/C19H27N3O2S/c1-19(2,3)24-18(23)22-11-9-21(10-12-22)8-7-15-5-6-16(14-20)17(13-15)25-4/h5-6,13H,7-12H2,1-4H3. The summed E-state index contributed by atoms with van der Waals surface area (Å²) in [5, 5.41) is 9.10. The van der Waals surface area contributed by atoms with E-state index in [1.807, 2.05) is 39.2 Å². The Kier molecular flexibility index (Phi) is 6.74. The molecule has 0 saturated carbocycles. The average molecular weight is 362 g/mol. The van der Waals surface area contributed by atoms with E-state index in [-0.39, 0.29) is 6.09 Å². The second-order valence-electron chi connectivity index (χ2n) is 7.21. The molecule has 0 bridgehead atoms. The molecular formula is C19H27N3O2S. The van der Waals surface area contributed by atoms with Crippen molar-refractivity contribution in [2.24, 2.45) is 0 Å². The third-order valence-corrected chi connectivity index (χ3v) is 4.90. The van der Waals surface area contributed by atoms with Gasteiger partial charge < -0.3 is 9.64 Å². The molecule has 1 aliphatic rings. The van der Waals surface area contributed by atoms with Gasteiger partial charge in [0, 0.05) is 37.6 Å². The van der Waals surface area contributed by atoms with E-state index in [4.69, 9.17) is 10.00 Å². The number of hydrogen-bond donors (Lipinski definition) is 0. The van der Waals surface area contributed by atoms with Gasteiger partial charge in [-0.1, -0.05) is 6.07 Å². The van der Waals surface area contributed by atoms with Gasteiger partial charge in [0.2, 0.25) is 0 Å². The molecule has 6 heteroatoms. The maximum atomic E-state index is 12.1. The number of rotatable bonds is 4. The lowest BCUT2D eigenvalue weighted by Crippen LogP contribution is -2.50. The number of hydrogen-bond acceptors (Lipinski definition) is 5. The van der Waals surface area contributed by atoms with Gasteiger partial charge >= 0.3 is 6.09 Å². The van der Waals surface area contributed by atoms with Crippen LogP contribution in [0.15, 0.2) is 23.1 Å². The van der Waals surface area contributed by atoms with Gasteiger partial charge in [0.05, 0.1) is 5.56 Å². The summed E-state index contributed by atoms with van der Waals surface area (Å²) in [4.78, 5) is 17.3. The second kappa shape index (κ2) is 8.59. The molecule has 0 aromatic heterocycles. The van der Waals surface area contributed by atoms with Gasteiger partial charge in [-0.2, -0.15) is 5.26 Å². The number of nitrogens with zero attached hydrogens (tertiary/aromatic N) is 3. The zero-order valence-electron chi connectivity index (χ0n) is 15.5. The SMILES string of the molecule is CSc1cc(CCN2CCN(C(=O)OC(C)(C)C)CC2)ccc1C#N. The Labute approximate surface area is 154 Å². The second-order valence-corrected chi connectivity index (χ2v) is 8.05. The Balaban J connectivity index is 1.81. The first kappa shape index (κ1) is 19.6. The highest BCUT2D eigenvalue weighted by Crippen LogP contribution is 2.22. The van der Waals surface area contributed by atoms with Crippen LogP contribution in [-0.2, 0) is 11.2 Å². The zero-order chi connectivity index (χ0) is 18.4. The molecule has 1 aromatic carbocycles. The molecule has 0 unspecified atom stereocenters. The van der Waals surface area contributed by atoms with E-state index >= 15 is 0 Å². The quantitative estimate of drug-likeness (QED) is 0.770. The van der Waals surface area contributed by atoms with Crippen LogP contribution in [0.1, 0.15) is 31.9 Å². The van der Waals surface area contributed by atoms with Crippen molar-refractivity contribution in [3.63, 3.8) is 0 Å². The molecule has 0 N–H and O–H groups in total. The summed E-state index contributed by atoms with van der Waals surface area (Å²) in [6.07, 6.45) is 2.73. The van der Waals surface area contributed by atoms with E-state index in [9.17, 15) is 4.79 Å². The third-order valence-electron chi connectivity index (χ3n) is 4.13. The van der Waals surface area contributed by atoms with Crippen LogP contribution in [0.4, 0.5) is 4.79 Å². The summed E-state index contributed by atoms with van der Waals surface area (Å²) in [5.74, 6) is 0. The molecule has 1 aliphatic heterocycles. The van der Waals surface area contributed by atoms with Crippen molar-refractivity contribution in [3.05, 3.63) is 29.3 Å². The Morgan fingerprint density at radius 3 is 2.52 bits per heavy atom. The van der Waals surface area contributed by atoms with E-state index in [1.54, 1.807) is 16.7 Å². The summed E-state index contributed by atoms with van der Waals surface area (Å²) < 4.78 is 5.43. The van der Waals surface area contributed by atoms with Crippen LogP contribution in [0.5, 0.6) is 0 Å². The van der Waals surface area contributed by atoms with Gasteiger partial charge in [-0.3, -0.25) is 4.90 Å². The van der Waals surface area contributed by atoms with Crippen LogP contribution >= 0.6 is 11.8 Å². The summed E-state index contributed by atoms with van der Waals surface area (Å²) in [6, 6.07) is 8.28. The molecule has 5 nitrogen and oxygen atoms in total. The summed E-state index contributed by atoms with van der Waals surface area (Å²) in [5.41, 5.74) is 1.54. The Hall–Kier alpha value is -1.71. The number of ether oxygens (including phenoxy) is 1. The fourth-order valence-corrected chi connectivity index (χ4v) is 3.35. The maximum absolute atomic E-state index is 12.1. The van der Waals surface area contributed by atoms with Crippen molar-refractivity contribution in [1.29, 1.82) is 5.26 Å². The Morgan fingerprint density at radius 1 is 1.28 bits per heavy atom. The summed E-state index contributed by atoms with van der Waals surface area (Å²) in [6.45, 7) is 9.78. The third kappa shape index (κ3) is 5.94. The van der Waals surface area contributed by atoms with Gasteiger partial charge in [0.25, 0.3) is 0 Å². The van der Waals surface area contributed by atoms with Gasteiger partial charge in [-0.15, -0.1) is 11.8 Å². The van der Waals surface area contributed by atoms with E-state index in [1.165, 1.54) is 5.56 Å². The molecule has 1 heterocycles. The van der Waals surface area contributed by atoms with Crippen LogP contribution in [0.3, 0.4) is 0 Å². The number of piperazine rings is 1. The predicted octanol–water partition coefficient (Wildman–Crippen LogP) is 3.38. The lowest BCUT2D eigenvalue weighted by molar-refractivity contribution is 0.0146. The van der Waals surface area contributed by atoms with Crippen molar-refractivity contribution in [3.8, 4) is 6.07 Å². The van der Waals surface area contributed by atoms with Crippen molar-refractivity contribution in [1.82, 2.24) is 9.80 Å². The number of thioether (sulfide) groups is 1. The van der Waals surface area contributed by atoms with Crippen molar-refractivity contribution in [2.75, 3.05) is 39.0 Å². The first-order chi connectivity index (χ1) is 11.8. The van der Waals surface area contributed by atoms with Gasteiger partial charge in [0.1, 0.15) is 11.7 Å². The fraction of sp³-hybridized carbons (Fsp3) is 0.579. The molecule has 1 saturated heterocycles. The largest absolute Gasteiger partial charge is 0.444 e. The van der Waals surface area contributed by atoms with Crippen molar-refractivity contribution in [2.45, 2.75) is 37.7 Å². The molecule has 0 radical (unpaired) electrons. The molecular weight excluding hydrogens is 334 g/mol. The number of carbonyl (C=O) groups excluding carboxylic acids is 1. The molecule has 2 rings (SSSR count). The van der Waals surface area contributed by atoms with Gasteiger partial charge in [-0.05, 0) is 51.1 Å². The van der Waals surface area contributed by atoms with E-state index in [2.05, 4.69) is 17.0 Å². The monoisotopic (exact) mass is 361 g/mol. The molecule has 0 spiro atoms. The van der Waals surface area contributed by atoms with Gasteiger partial charge in [-0.25, -0.2) is 4.79 Å². The summed E-state index contributed by atoms with van der Waals surface area (Å²) in [7, 11) is 0. The lowest BCUT2D eigenvalue weighted by Gasteiger charge is -2.35.